The topological polar surface area (TPSA) is 68.3 Å². The highest BCUT2D eigenvalue weighted by Gasteiger charge is 2.45. The minimum atomic E-state index is 0.0755. The van der Waals surface area contributed by atoms with Crippen LogP contribution in [0.5, 0.6) is 6.01 Å². The number of amides is 1. The molecule has 0 bridgehead atoms. The SMILES string of the molecule is CN(C)C/C=C/C(=O)N1CCN(c2nc(OCC34CCCN3CCC4)nc3c2CCN(c2cccc4cccc(Cl)c24)C3)CC1. The molecule has 0 N–H and O–H groups in total. The van der Waals surface area contributed by atoms with E-state index in [1.807, 2.05) is 42.1 Å². The minimum absolute atomic E-state index is 0.0755. The quantitative estimate of drug-likeness (QED) is 0.335. The lowest BCUT2D eigenvalue weighted by Gasteiger charge is -2.38. The molecule has 45 heavy (non-hydrogen) atoms. The molecular weight excluding hydrogens is 586 g/mol. The van der Waals surface area contributed by atoms with Crippen molar-refractivity contribution in [3.05, 3.63) is 64.8 Å². The summed E-state index contributed by atoms with van der Waals surface area (Å²) in [6.45, 7) is 8.02. The maximum absolute atomic E-state index is 12.8. The number of nitrogens with zero attached hydrogens (tertiary/aromatic N) is 7. The van der Waals surface area contributed by atoms with Crippen LogP contribution in [0.2, 0.25) is 5.02 Å². The Morgan fingerprint density at radius 2 is 1.73 bits per heavy atom. The van der Waals surface area contributed by atoms with Gasteiger partial charge in [0.25, 0.3) is 0 Å². The molecule has 0 aliphatic carbocycles. The first-order valence-corrected chi connectivity index (χ1v) is 16.8. The second-order valence-corrected chi connectivity index (χ2v) is 13.6. The van der Waals surface area contributed by atoms with Gasteiger partial charge in [0, 0.05) is 62.0 Å². The Morgan fingerprint density at radius 1 is 0.978 bits per heavy atom. The van der Waals surface area contributed by atoms with Crippen molar-refractivity contribution in [2.75, 3.05) is 82.9 Å². The summed E-state index contributed by atoms with van der Waals surface area (Å²) in [6.07, 6.45) is 9.29. The van der Waals surface area contributed by atoms with Gasteiger partial charge in [0.2, 0.25) is 5.91 Å². The number of hydrogen-bond acceptors (Lipinski definition) is 8. The van der Waals surface area contributed by atoms with Gasteiger partial charge in [0.05, 0.1) is 22.8 Å². The van der Waals surface area contributed by atoms with E-state index in [1.54, 1.807) is 6.08 Å². The molecule has 3 saturated heterocycles. The molecule has 7 rings (SSSR count). The predicted molar refractivity (Wildman–Crippen MR) is 180 cm³/mol. The Morgan fingerprint density at radius 3 is 2.49 bits per heavy atom. The molecule has 3 aromatic rings. The van der Waals surface area contributed by atoms with Crippen LogP contribution in [0.1, 0.15) is 36.9 Å². The average molecular weight is 630 g/mol. The lowest BCUT2D eigenvalue weighted by atomic mass is 9.95. The van der Waals surface area contributed by atoms with E-state index in [0.717, 1.165) is 78.7 Å². The van der Waals surface area contributed by atoms with Gasteiger partial charge in [-0.25, -0.2) is 0 Å². The van der Waals surface area contributed by atoms with Crippen LogP contribution >= 0.6 is 11.6 Å². The van der Waals surface area contributed by atoms with Crippen LogP contribution in [0.15, 0.2) is 48.6 Å². The molecule has 9 nitrogen and oxygen atoms in total. The van der Waals surface area contributed by atoms with E-state index in [9.17, 15) is 4.79 Å². The summed E-state index contributed by atoms with van der Waals surface area (Å²) in [5, 5.41) is 2.99. The molecule has 0 unspecified atom stereocenters. The van der Waals surface area contributed by atoms with Crippen LogP contribution in [-0.4, -0.2) is 109 Å². The molecule has 4 aliphatic rings. The molecule has 4 aliphatic heterocycles. The fraction of sp³-hybridized carbons (Fsp3) is 0.514. The van der Waals surface area contributed by atoms with E-state index in [1.165, 1.54) is 31.2 Å². The van der Waals surface area contributed by atoms with Crippen molar-refractivity contribution in [3.8, 4) is 6.01 Å². The number of halogens is 1. The second kappa shape index (κ2) is 12.8. The van der Waals surface area contributed by atoms with Gasteiger partial charge in [-0.2, -0.15) is 9.97 Å². The number of anilines is 2. The van der Waals surface area contributed by atoms with Crippen LogP contribution in [0.4, 0.5) is 11.5 Å². The van der Waals surface area contributed by atoms with Crippen LogP contribution in [0.3, 0.4) is 0 Å². The van der Waals surface area contributed by atoms with Gasteiger partial charge in [-0.1, -0.05) is 41.9 Å². The zero-order chi connectivity index (χ0) is 31.0. The standard InChI is InChI=1S/C35H44ClN7O2/c1-39(2)16-5-12-31(44)40-20-22-41(23-21-40)33-27-13-19-42(30-11-4-9-26-8-3-10-28(36)32(26)30)24-29(27)37-34(38-33)45-25-35-14-6-17-43(35)18-7-15-35/h3-5,8-12H,6-7,13-25H2,1-2H3/b12-5+. The van der Waals surface area contributed by atoms with Crippen molar-refractivity contribution in [2.45, 2.75) is 44.2 Å². The maximum Gasteiger partial charge on any atom is 0.318 e. The van der Waals surface area contributed by atoms with Crippen molar-refractivity contribution in [1.29, 1.82) is 0 Å². The third-order valence-electron chi connectivity index (χ3n) is 10.1. The number of hydrogen-bond donors (Lipinski definition) is 0. The van der Waals surface area contributed by atoms with Gasteiger partial charge >= 0.3 is 6.01 Å². The van der Waals surface area contributed by atoms with Gasteiger partial charge in [0.1, 0.15) is 12.4 Å². The Kier molecular flexibility index (Phi) is 8.59. The molecule has 0 spiro atoms. The Balaban J connectivity index is 1.15. The Hall–Kier alpha value is -3.40. The molecular formula is C35H44ClN7O2. The van der Waals surface area contributed by atoms with E-state index in [0.29, 0.717) is 32.3 Å². The van der Waals surface area contributed by atoms with Gasteiger partial charge in [-0.05, 0) is 76.8 Å². The summed E-state index contributed by atoms with van der Waals surface area (Å²) < 4.78 is 6.54. The number of carbonyl (C=O) groups is 1. The third-order valence-corrected chi connectivity index (χ3v) is 10.4. The third kappa shape index (κ3) is 6.10. The van der Waals surface area contributed by atoms with Gasteiger partial charge in [-0.3, -0.25) is 9.69 Å². The molecule has 0 atom stereocenters. The van der Waals surface area contributed by atoms with Crippen LogP contribution in [0, 0.1) is 0 Å². The fourth-order valence-corrected chi connectivity index (χ4v) is 8.01. The highest BCUT2D eigenvalue weighted by Crippen LogP contribution is 2.40. The van der Waals surface area contributed by atoms with Crippen molar-refractivity contribution < 1.29 is 9.53 Å². The number of likely N-dealkylation sites (N-methyl/N-ethyl adjacent to an activating group) is 1. The van der Waals surface area contributed by atoms with E-state index in [4.69, 9.17) is 26.3 Å². The van der Waals surface area contributed by atoms with Gasteiger partial charge in [0.15, 0.2) is 0 Å². The molecule has 0 radical (unpaired) electrons. The molecule has 0 saturated carbocycles. The van der Waals surface area contributed by atoms with Crippen molar-refractivity contribution in [3.63, 3.8) is 0 Å². The molecule has 238 valence electrons. The first kappa shape index (κ1) is 30.3. The summed E-state index contributed by atoms with van der Waals surface area (Å²) in [7, 11) is 4.00. The molecule has 10 heteroatoms. The van der Waals surface area contributed by atoms with E-state index in [2.05, 4.69) is 39.0 Å². The zero-order valence-corrected chi connectivity index (χ0v) is 27.3. The number of aromatic nitrogens is 2. The van der Waals surface area contributed by atoms with Gasteiger partial charge < -0.3 is 24.3 Å². The molecule has 2 aromatic carbocycles. The lowest BCUT2D eigenvalue weighted by molar-refractivity contribution is -0.126. The van der Waals surface area contributed by atoms with Gasteiger partial charge in [-0.15, -0.1) is 0 Å². The monoisotopic (exact) mass is 629 g/mol. The van der Waals surface area contributed by atoms with Crippen molar-refractivity contribution >= 4 is 39.8 Å². The number of carbonyl (C=O) groups excluding carboxylic acids is 1. The van der Waals surface area contributed by atoms with Crippen molar-refractivity contribution in [1.82, 2.24) is 24.7 Å². The number of ether oxygens (including phenoxy) is 1. The van der Waals surface area contributed by atoms with Crippen molar-refractivity contribution in [2.24, 2.45) is 0 Å². The highest BCUT2D eigenvalue weighted by molar-refractivity contribution is 6.36. The smallest absolute Gasteiger partial charge is 0.318 e. The second-order valence-electron chi connectivity index (χ2n) is 13.2. The van der Waals surface area contributed by atoms with Crippen LogP contribution in [0.25, 0.3) is 10.8 Å². The lowest BCUT2D eigenvalue weighted by Crippen LogP contribution is -2.49. The number of fused-ring (bicyclic) bond motifs is 3. The Labute approximate surface area is 271 Å². The maximum atomic E-state index is 12.8. The molecule has 1 amide bonds. The minimum Gasteiger partial charge on any atom is -0.461 e. The highest BCUT2D eigenvalue weighted by atomic mass is 35.5. The Bertz CT molecular complexity index is 1570. The van der Waals surface area contributed by atoms with E-state index < -0.39 is 0 Å². The summed E-state index contributed by atoms with van der Waals surface area (Å²) in [5.41, 5.74) is 3.46. The summed E-state index contributed by atoms with van der Waals surface area (Å²) in [6, 6.07) is 12.9. The first-order chi connectivity index (χ1) is 21.9. The molecule has 5 heterocycles. The summed E-state index contributed by atoms with van der Waals surface area (Å²) >= 11 is 6.74. The van der Waals surface area contributed by atoms with Crippen LogP contribution in [-0.2, 0) is 17.8 Å². The fourth-order valence-electron chi connectivity index (χ4n) is 7.73. The van der Waals surface area contributed by atoms with Crippen LogP contribution < -0.4 is 14.5 Å². The number of rotatable bonds is 8. The number of benzene rings is 2. The molecule has 3 fully saturated rings. The largest absolute Gasteiger partial charge is 0.461 e. The number of piperazine rings is 1. The first-order valence-electron chi connectivity index (χ1n) is 16.5. The normalized spacial score (nSPS) is 20.0. The average Bonchev–Trinajstić information content (AvgIpc) is 3.64. The van der Waals surface area contributed by atoms with E-state index in [-0.39, 0.29) is 11.4 Å². The summed E-state index contributed by atoms with van der Waals surface area (Å²) in [5.74, 6) is 1.04. The predicted octanol–water partition coefficient (Wildman–Crippen LogP) is 4.62. The van der Waals surface area contributed by atoms with E-state index >= 15 is 0 Å². The molecule has 1 aromatic heterocycles. The summed E-state index contributed by atoms with van der Waals surface area (Å²) in [4.78, 5) is 34.3. The zero-order valence-electron chi connectivity index (χ0n) is 26.6.